The Balaban J connectivity index is 1.80. The summed E-state index contributed by atoms with van der Waals surface area (Å²) in [5.74, 6) is 1.05. The van der Waals surface area contributed by atoms with E-state index in [1.807, 2.05) is 42.5 Å². The van der Waals surface area contributed by atoms with Gasteiger partial charge in [0.15, 0.2) is 0 Å². The van der Waals surface area contributed by atoms with E-state index in [-0.39, 0.29) is 5.56 Å². The fourth-order valence-electron chi connectivity index (χ4n) is 2.30. The maximum atomic E-state index is 12.1. The number of fused-ring (bicyclic) bond motifs is 1. The number of aromatic nitrogens is 4. The monoisotopic (exact) mass is 290 g/mol. The lowest BCUT2D eigenvalue weighted by Gasteiger charge is -2.03. The highest BCUT2D eigenvalue weighted by Crippen LogP contribution is 2.20. The van der Waals surface area contributed by atoms with Gasteiger partial charge in [-0.2, -0.15) is 4.98 Å². The molecule has 4 aromatic rings. The minimum absolute atomic E-state index is 0.150. The van der Waals surface area contributed by atoms with Gasteiger partial charge in [-0.15, -0.1) is 0 Å². The van der Waals surface area contributed by atoms with E-state index in [0.717, 1.165) is 11.1 Å². The molecule has 2 heterocycles. The number of hydrogen-bond acceptors (Lipinski definition) is 5. The molecule has 0 saturated heterocycles. The van der Waals surface area contributed by atoms with Crippen LogP contribution in [0.3, 0.4) is 0 Å². The van der Waals surface area contributed by atoms with E-state index in [1.165, 1.54) is 6.39 Å². The molecule has 0 aliphatic heterocycles. The van der Waals surface area contributed by atoms with Crippen LogP contribution in [0.4, 0.5) is 0 Å². The van der Waals surface area contributed by atoms with Crippen molar-refractivity contribution in [2.24, 2.45) is 0 Å². The summed E-state index contributed by atoms with van der Waals surface area (Å²) in [7, 11) is 0. The number of benzene rings is 2. The molecule has 0 fully saturated rings. The molecule has 0 aliphatic carbocycles. The van der Waals surface area contributed by atoms with Gasteiger partial charge in [0.1, 0.15) is 5.82 Å². The van der Waals surface area contributed by atoms with Crippen molar-refractivity contribution < 1.29 is 4.52 Å². The Bertz CT molecular complexity index is 989. The molecule has 0 atom stereocenters. The Kier molecular flexibility index (Phi) is 2.79. The van der Waals surface area contributed by atoms with Gasteiger partial charge in [0, 0.05) is 11.1 Å². The zero-order chi connectivity index (χ0) is 14.9. The minimum Gasteiger partial charge on any atom is -0.342 e. The molecule has 0 unspecified atom stereocenters. The number of H-pyrrole nitrogens is 1. The van der Waals surface area contributed by atoms with Crippen LogP contribution >= 0.6 is 0 Å². The zero-order valence-electron chi connectivity index (χ0n) is 11.4. The van der Waals surface area contributed by atoms with Crippen molar-refractivity contribution in [3.8, 4) is 22.8 Å². The second kappa shape index (κ2) is 4.92. The predicted octanol–water partition coefficient (Wildman–Crippen LogP) is 2.64. The van der Waals surface area contributed by atoms with E-state index in [1.54, 1.807) is 6.07 Å². The average Bonchev–Trinajstić information content (AvgIpc) is 3.09. The Morgan fingerprint density at radius 2 is 1.73 bits per heavy atom. The molecule has 4 rings (SSSR count). The van der Waals surface area contributed by atoms with Gasteiger partial charge < -0.3 is 9.51 Å². The van der Waals surface area contributed by atoms with Crippen LogP contribution < -0.4 is 5.56 Å². The molecule has 0 amide bonds. The SMILES string of the molecule is O=c1[nH]c(-c2ccc(-c3ncon3)cc2)nc2ccccc12. The summed E-state index contributed by atoms with van der Waals surface area (Å²) in [6.07, 6.45) is 1.28. The highest BCUT2D eigenvalue weighted by Gasteiger charge is 2.07. The Morgan fingerprint density at radius 1 is 0.955 bits per heavy atom. The maximum Gasteiger partial charge on any atom is 0.259 e. The van der Waals surface area contributed by atoms with Crippen molar-refractivity contribution in [1.29, 1.82) is 0 Å². The first-order valence-electron chi connectivity index (χ1n) is 6.67. The smallest absolute Gasteiger partial charge is 0.259 e. The zero-order valence-corrected chi connectivity index (χ0v) is 11.4. The molecule has 0 aliphatic rings. The first-order chi connectivity index (χ1) is 10.8. The molecule has 2 aromatic carbocycles. The number of nitrogens with one attached hydrogen (secondary N) is 1. The highest BCUT2D eigenvalue weighted by molar-refractivity contribution is 5.79. The summed E-state index contributed by atoms with van der Waals surface area (Å²) >= 11 is 0. The van der Waals surface area contributed by atoms with E-state index in [4.69, 9.17) is 4.52 Å². The van der Waals surface area contributed by atoms with Crippen molar-refractivity contribution in [3.05, 3.63) is 65.3 Å². The quantitative estimate of drug-likeness (QED) is 0.613. The normalized spacial score (nSPS) is 10.9. The number of rotatable bonds is 2. The van der Waals surface area contributed by atoms with E-state index in [0.29, 0.717) is 22.6 Å². The largest absolute Gasteiger partial charge is 0.342 e. The van der Waals surface area contributed by atoms with Gasteiger partial charge in [-0.25, -0.2) is 4.98 Å². The third-order valence-electron chi connectivity index (χ3n) is 3.39. The van der Waals surface area contributed by atoms with E-state index in [9.17, 15) is 4.79 Å². The first-order valence-corrected chi connectivity index (χ1v) is 6.67. The molecule has 0 bridgehead atoms. The summed E-state index contributed by atoms with van der Waals surface area (Å²) in [5, 5.41) is 4.36. The summed E-state index contributed by atoms with van der Waals surface area (Å²) in [6.45, 7) is 0. The van der Waals surface area contributed by atoms with Gasteiger partial charge in [-0.1, -0.05) is 41.6 Å². The average molecular weight is 290 g/mol. The third kappa shape index (κ3) is 2.07. The number of nitrogens with zero attached hydrogens (tertiary/aromatic N) is 3. The van der Waals surface area contributed by atoms with E-state index >= 15 is 0 Å². The van der Waals surface area contributed by atoms with Crippen molar-refractivity contribution in [1.82, 2.24) is 20.1 Å². The standard InChI is InChI=1S/C16H10N4O2/c21-16-12-3-1-2-4-13(12)18-15(19-16)11-7-5-10(6-8-11)14-17-9-22-20-14/h1-9H,(H,18,19,21). The molecular formula is C16H10N4O2. The van der Waals surface area contributed by atoms with Crippen LogP contribution in [-0.2, 0) is 0 Å². The van der Waals surface area contributed by atoms with Crippen LogP contribution in [0.1, 0.15) is 0 Å². The van der Waals surface area contributed by atoms with Crippen molar-refractivity contribution in [2.45, 2.75) is 0 Å². The fraction of sp³-hybridized carbons (Fsp3) is 0. The molecule has 0 saturated carbocycles. The topological polar surface area (TPSA) is 84.7 Å². The van der Waals surface area contributed by atoms with Crippen molar-refractivity contribution in [3.63, 3.8) is 0 Å². The predicted molar refractivity (Wildman–Crippen MR) is 81.1 cm³/mol. The molecule has 2 aromatic heterocycles. The summed E-state index contributed by atoms with van der Waals surface area (Å²) < 4.78 is 4.73. The van der Waals surface area contributed by atoms with Crippen molar-refractivity contribution >= 4 is 10.9 Å². The molecule has 1 N–H and O–H groups in total. The molecule has 106 valence electrons. The minimum atomic E-state index is -0.150. The lowest BCUT2D eigenvalue weighted by molar-refractivity contribution is 0.419. The van der Waals surface area contributed by atoms with Crippen LogP contribution in [0.25, 0.3) is 33.7 Å². The fourth-order valence-corrected chi connectivity index (χ4v) is 2.30. The Hall–Kier alpha value is -3.28. The third-order valence-corrected chi connectivity index (χ3v) is 3.39. The Morgan fingerprint density at radius 3 is 2.50 bits per heavy atom. The molecule has 6 nitrogen and oxygen atoms in total. The maximum absolute atomic E-state index is 12.1. The van der Waals surface area contributed by atoms with Crippen LogP contribution in [0, 0.1) is 0 Å². The lowest BCUT2D eigenvalue weighted by Crippen LogP contribution is -2.09. The summed E-state index contributed by atoms with van der Waals surface area (Å²) in [5.41, 5.74) is 2.17. The van der Waals surface area contributed by atoms with Gasteiger partial charge in [-0.05, 0) is 12.1 Å². The second-order valence-corrected chi connectivity index (χ2v) is 4.76. The van der Waals surface area contributed by atoms with Gasteiger partial charge in [0.2, 0.25) is 12.2 Å². The van der Waals surface area contributed by atoms with Crippen LogP contribution in [0.2, 0.25) is 0 Å². The highest BCUT2D eigenvalue weighted by atomic mass is 16.5. The molecule has 22 heavy (non-hydrogen) atoms. The van der Waals surface area contributed by atoms with Crippen molar-refractivity contribution in [2.75, 3.05) is 0 Å². The van der Waals surface area contributed by atoms with Gasteiger partial charge in [0.25, 0.3) is 5.56 Å². The molecule has 0 spiro atoms. The number of hydrogen-bond donors (Lipinski definition) is 1. The number of aromatic amines is 1. The van der Waals surface area contributed by atoms with E-state index in [2.05, 4.69) is 20.1 Å². The molecular weight excluding hydrogens is 280 g/mol. The van der Waals surface area contributed by atoms with Crippen LogP contribution in [-0.4, -0.2) is 20.1 Å². The molecule has 0 radical (unpaired) electrons. The second-order valence-electron chi connectivity index (χ2n) is 4.76. The summed E-state index contributed by atoms with van der Waals surface area (Å²) in [4.78, 5) is 23.4. The lowest BCUT2D eigenvalue weighted by atomic mass is 10.1. The first kappa shape index (κ1) is 12.5. The van der Waals surface area contributed by atoms with Crippen LogP contribution in [0.5, 0.6) is 0 Å². The van der Waals surface area contributed by atoms with Gasteiger partial charge in [-0.3, -0.25) is 4.79 Å². The van der Waals surface area contributed by atoms with Gasteiger partial charge >= 0.3 is 0 Å². The molecule has 6 heteroatoms. The van der Waals surface area contributed by atoms with E-state index < -0.39 is 0 Å². The number of para-hydroxylation sites is 1. The summed E-state index contributed by atoms with van der Waals surface area (Å²) in [6, 6.07) is 14.7. The van der Waals surface area contributed by atoms with Gasteiger partial charge in [0.05, 0.1) is 10.9 Å². The Labute approximate surface area is 124 Å². The van der Waals surface area contributed by atoms with Crippen LogP contribution in [0.15, 0.2) is 64.2 Å².